The van der Waals surface area contributed by atoms with E-state index in [0.29, 0.717) is 12.2 Å². The molecule has 128 valence electrons. The summed E-state index contributed by atoms with van der Waals surface area (Å²) in [4.78, 5) is 29.8. The first kappa shape index (κ1) is 16.9. The number of pyridine rings is 2. The molecule has 2 aromatic heterocycles. The molecule has 0 saturated carbocycles. The van der Waals surface area contributed by atoms with Crippen LogP contribution in [0.15, 0.2) is 41.3 Å². The van der Waals surface area contributed by atoms with Gasteiger partial charge >= 0.3 is 0 Å². The second-order valence-corrected chi connectivity index (χ2v) is 6.25. The molecule has 1 N–H and O–H groups in total. The van der Waals surface area contributed by atoms with Crippen molar-refractivity contribution < 1.29 is 4.79 Å². The minimum atomic E-state index is -0.395. The highest BCUT2D eigenvalue weighted by Gasteiger charge is 2.17. The molecule has 5 heteroatoms. The van der Waals surface area contributed by atoms with E-state index in [4.69, 9.17) is 0 Å². The normalized spacial score (nSPS) is 10.9. The van der Waals surface area contributed by atoms with Gasteiger partial charge in [-0.05, 0) is 57.0 Å². The summed E-state index contributed by atoms with van der Waals surface area (Å²) in [5.41, 5.74) is 4.24. The maximum Gasteiger partial charge on any atom is 0.265 e. The summed E-state index contributed by atoms with van der Waals surface area (Å²) in [6.07, 6.45) is 1.65. The first-order chi connectivity index (χ1) is 11.9. The van der Waals surface area contributed by atoms with E-state index < -0.39 is 5.91 Å². The van der Waals surface area contributed by atoms with E-state index in [9.17, 15) is 9.59 Å². The Morgan fingerprint density at radius 3 is 2.48 bits per heavy atom. The van der Waals surface area contributed by atoms with Crippen LogP contribution in [0.25, 0.3) is 11.0 Å². The van der Waals surface area contributed by atoms with Crippen LogP contribution in [0.4, 0.5) is 5.69 Å². The first-order valence-corrected chi connectivity index (χ1v) is 8.30. The van der Waals surface area contributed by atoms with E-state index in [0.717, 1.165) is 27.8 Å². The summed E-state index contributed by atoms with van der Waals surface area (Å²) in [5.74, 6) is -0.395. The Morgan fingerprint density at radius 1 is 1.16 bits per heavy atom. The highest BCUT2D eigenvalue weighted by atomic mass is 16.2. The Balaban J connectivity index is 2.09. The van der Waals surface area contributed by atoms with Gasteiger partial charge in [0.15, 0.2) is 0 Å². The zero-order valence-electron chi connectivity index (χ0n) is 14.9. The molecule has 5 nitrogen and oxygen atoms in total. The van der Waals surface area contributed by atoms with Crippen molar-refractivity contribution in [3.63, 3.8) is 0 Å². The van der Waals surface area contributed by atoms with Gasteiger partial charge in [-0.25, -0.2) is 4.98 Å². The van der Waals surface area contributed by atoms with Crippen LogP contribution in [0.1, 0.15) is 34.0 Å². The highest BCUT2D eigenvalue weighted by molar-refractivity contribution is 6.06. The number of carbonyl (C=O) groups is 1. The smallest absolute Gasteiger partial charge is 0.265 e. The quantitative estimate of drug-likeness (QED) is 0.795. The van der Waals surface area contributed by atoms with Crippen LogP contribution >= 0.6 is 0 Å². The maximum absolute atomic E-state index is 12.8. The third kappa shape index (κ3) is 3.05. The average Bonchev–Trinajstić information content (AvgIpc) is 2.57. The van der Waals surface area contributed by atoms with Crippen LogP contribution in [-0.4, -0.2) is 15.5 Å². The molecule has 3 aromatic rings. The van der Waals surface area contributed by atoms with E-state index in [-0.39, 0.29) is 11.1 Å². The fraction of sp³-hybridized carbons (Fsp3) is 0.250. The van der Waals surface area contributed by atoms with Gasteiger partial charge in [0.05, 0.1) is 0 Å². The van der Waals surface area contributed by atoms with Crippen LogP contribution in [0.5, 0.6) is 0 Å². The minimum absolute atomic E-state index is 0.127. The van der Waals surface area contributed by atoms with Gasteiger partial charge in [0.2, 0.25) is 0 Å². The van der Waals surface area contributed by atoms with E-state index in [1.807, 2.05) is 45.9 Å². The van der Waals surface area contributed by atoms with Crippen molar-refractivity contribution in [2.45, 2.75) is 34.2 Å². The Bertz CT molecular complexity index is 1010. The van der Waals surface area contributed by atoms with Gasteiger partial charge < -0.3 is 5.32 Å². The summed E-state index contributed by atoms with van der Waals surface area (Å²) in [5, 5.41) is 3.68. The molecule has 2 heterocycles. The number of carbonyl (C=O) groups excluding carboxylic acids is 1. The molecule has 1 amide bonds. The third-order valence-electron chi connectivity index (χ3n) is 4.32. The molecule has 25 heavy (non-hydrogen) atoms. The predicted molar refractivity (Wildman–Crippen MR) is 100 cm³/mol. The minimum Gasteiger partial charge on any atom is -0.321 e. The monoisotopic (exact) mass is 335 g/mol. The second kappa shape index (κ2) is 6.51. The fourth-order valence-corrected chi connectivity index (χ4v) is 3.22. The molecule has 0 atom stereocenters. The summed E-state index contributed by atoms with van der Waals surface area (Å²) in [6, 6.07) is 9.29. The summed E-state index contributed by atoms with van der Waals surface area (Å²) in [7, 11) is 0. The summed E-state index contributed by atoms with van der Waals surface area (Å²) >= 11 is 0. The lowest BCUT2D eigenvalue weighted by molar-refractivity contribution is 0.102. The van der Waals surface area contributed by atoms with Gasteiger partial charge in [-0.2, -0.15) is 0 Å². The Morgan fingerprint density at radius 2 is 1.84 bits per heavy atom. The number of hydrogen-bond donors (Lipinski definition) is 1. The largest absolute Gasteiger partial charge is 0.321 e. The van der Waals surface area contributed by atoms with Crippen LogP contribution in [0, 0.1) is 20.8 Å². The third-order valence-corrected chi connectivity index (χ3v) is 4.32. The Hall–Kier alpha value is -2.95. The Labute approximate surface area is 146 Å². The van der Waals surface area contributed by atoms with Crippen LogP contribution in [-0.2, 0) is 6.54 Å². The van der Waals surface area contributed by atoms with Crippen LogP contribution < -0.4 is 10.9 Å². The SMILES string of the molecule is CCn1c(=O)c(C(=O)Nc2c(C)cc(C)cc2C)cc2cccnc21. The second-order valence-electron chi connectivity index (χ2n) is 6.25. The summed E-state index contributed by atoms with van der Waals surface area (Å²) < 4.78 is 1.53. The van der Waals surface area contributed by atoms with Gasteiger partial charge in [-0.15, -0.1) is 0 Å². The summed E-state index contributed by atoms with van der Waals surface area (Å²) in [6.45, 7) is 8.23. The molecular weight excluding hydrogens is 314 g/mol. The van der Waals surface area contributed by atoms with Crippen LogP contribution in [0.2, 0.25) is 0 Å². The highest BCUT2D eigenvalue weighted by Crippen LogP contribution is 2.22. The van der Waals surface area contributed by atoms with E-state index in [1.165, 1.54) is 4.57 Å². The number of rotatable bonds is 3. The van der Waals surface area contributed by atoms with Crippen molar-refractivity contribution in [2.24, 2.45) is 0 Å². The van der Waals surface area contributed by atoms with Gasteiger partial charge in [-0.1, -0.05) is 17.7 Å². The molecule has 0 aliphatic rings. The van der Waals surface area contributed by atoms with Crippen molar-refractivity contribution in [1.29, 1.82) is 0 Å². The van der Waals surface area contributed by atoms with Gasteiger partial charge in [0.1, 0.15) is 11.2 Å². The van der Waals surface area contributed by atoms with E-state index in [1.54, 1.807) is 18.3 Å². The number of nitrogens with one attached hydrogen (secondary N) is 1. The van der Waals surface area contributed by atoms with Gasteiger partial charge in [0, 0.05) is 23.8 Å². The zero-order chi connectivity index (χ0) is 18.1. The van der Waals surface area contributed by atoms with Crippen LogP contribution in [0.3, 0.4) is 0 Å². The molecular formula is C20H21N3O2. The number of fused-ring (bicyclic) bond motifs is 1. The van der Waals surface area contributed by atoms with E-state index >= 15 is 0 Å². The molecule has 1 aromatic carbocycles. The molecule has 0 unspecified atom stereocenters. The van der Waals surface area contributed by atoms with Crippen molar-refractivity contribution in [2.75, 3.05) is 5.32 Å². The molecule has 0 aliphatic heterocycles. The van der Waals surface area contributed by atoms with E-state index in [2.05, 4.69) is 10.3 Å². The number of aryl methyl sites for hydroxylation is 4. The van der Waals surface area contributed by atoms with Crippen molar-refractivity contribution in [3.8, 4) is 0 Å². The maximum atomic E-state index is 12.8. The zero-order valence-corrected chi connectivity index (χ0v) is 14.9. The molecule has 0 fully saturated rings. The average molecular weight is 335 g/mol. The lowest BCUT2D eigenvalue weighted by Crippen LogP contribution is -2.29. The molecule has 0 saturated heterocycles. The van der Waals surface area contributed by atoms with Gasteiger partial charge in [0.25, 0.3) is 11.5 Å². The fourth-order valence-electron chi connectivity index (χ4n) is 3.22. The standard InChI is InChI=1S/C20H21N3O2/c1-5-23-18-15(7-6-8-21-18)11-16(20(23)25)19(24)22-17-13(3)9-12(2)10-14(17)4/h6-11H,5H2,1-4H3,(H,22,24). The molecule has 0 spiro atoms. The molecule has 0 radical (unpaired) electrons. The van der Waals surface area contributed by atoms with Crippen molar-refractivity contribution >= 4 is 22.6 Å². The number of aromatic nitrogens is 2. The molecule has 0 bridgehead atoms. The number of nitrogens with zero attached hydrogens (tertiary/aromatic N) is 2. The first-order valence-electron chi connectivity index (χ1n) is 8.30. The van der Waals surface area contributed by atoms with Crippen molar-refractivity contribution in [3.05, 3.63) is 69.1 Å². The lowest BCUT2D eigenvalue weighted by Gasteiger charge is -2.14. The predicted octanol–water partition coefficient (Wildman–Crippen LogP) is 3.59. The molecule has 0 aliphatic carbocycles. The Kier molecular flexibility index (Phi) is 4.40. The topological polar surface area (TPSA) is 64.0 Å². The lowest BCUT2D eigenvalue weighted by atomic mass is 10.0. The molecule has 3 rings (SSSR count). The number of benzene rings is 1. The number of hydrogen-bond acceptors (Lipinski definition) is 3. The van der Waals surface area contributed by atoms with Gasteiger partial charge in [-0.3, -0.25) is 14.2 Å². The number of anilines is 1. The van der Waals surface area contributed by atoms with Crippen molar-refractivity contribution in [1.82, 2.24) is 9.55 Å². The number of amides is 1.